The van der Waals surface area contributed by atoms with Crippen LogP contribution < -0.4 is 5.73 Å². The number of unbranched alkanes of at least 4 members (excludes halogenated alkanes) is 6. The van der Waals surface area contributed by atoms with E-state index >= 15 is 0 Å². The van der Waals surface area contributed by atoms with Crippen LogP contribution in [0, 0.1) is 5.92 Å². The van der Waals surface area contributed by atoms with Crippen LogP contribution in [0.5, 0.6) is 0 Å². The Morgan fingerprint density at radius 2 is 1.71 bits per heavy atom. The van der Waals surface area contributed by atoms with Gasteiger partial charge in [0, 0.05) is 18.6 Å². The minimum absolute atomic E-state index is 0.607. The fraction of sp³-hybridized carbons (Fsp3) is 1.00. The van der Waals surface area contributed by atoms with Crippen LogP contribution in [0.25, 0.3) is 0 Å². The zero-order chi connectivity index (χ0) is 15.5. The first-order valence-corrected chi connectivity index (χ1v) is 9.61. The monoisotopic (exact) mass is 296 g/mol. The van der Waals surface area contributed by atoms with Crippen molar-refractivity contribution in [2.24, 2.45) is 11.7 Å². The van der Waals surface area contributed by atoms with Gasteiger partial charge in [0.2, 0.25) is 0 Å². The van der Waals surface area contributed by atoms with Crippen LogP contribution in [0.4, 0.5) is 0 Å². The molecule has 0 radical (unpaired) electrons. The number of nitrogens with zero attached hydrogens (tertiary/aromatic N) is 1. The molecule has 2 nitrogen and oxygen atoms in total. The Morgan fingerprint density at radius 1 is 1.05 bits per heavy atom. The molecule has 0 bridgehead atoms. The third-order valence-electron chi connectivity index (χ3n) is 5.47. The Kier molecular flexibility index (Phi) is 10.4. The molecule has 1 aliphatic rings. The lowest BCUT2D eigenvalue weighted by Gasteiger charge is -2.38. The van der Waals surface area contributed by atoms with E-state index in [2.05, 4.69) is 25.8 Å². The topological polar surface area (TPSA) is 29.3 Å². The van der Waals surface area contributed by atoms with Gasteiger partial charge in [-0.2, -0.15) is 0 Å². The van der Waals surface area contributed by atoms with Gasteiger partial charge in [-0.05, 0) is 32.2 Å². The zero-order valence-electron chi connectivity index (χ0n) is 14.9. The summed E-state index contributed by atoms with van der Waals surface area (Å²) in [5.74, 6) is 0.906. The van der Waals surface area contributed by atoms with Crippen molar-refractivity contribution < 1.29 is 0 Å². The van der Waals surface area contributed by atoms with Gasteiger partial charge in [0.25, 0.3) is 0 Å². The molecule has 2 heteroatoms. The number of rotatable bonds is 11. The molecule has 0 saturated heterocycles. The lowest BCUT2D eigenvalue weighted by Crippen LogP contribution is -2.46. The molecule has 0 amide bonds. The Balaban J connectivity index is 2.17. The number of likely N-dealkylation sites (N-methyl/N-ethyl adjacent to an activating group) is 1. The minimum atomic E-state index is 0.607. The fourth-order valence-electron chi connectivity index (χ4n) is 3.89. The molecule has 3 atom stereocenters. The first kappa shape index (κ1) is 19.0. The predicted molar refractivity (Wildman–Crippen MR) is 94.6 cm³/mol. The van der Waals surface area contributed by atoms with Crippen molar-refractivity contribution in [1.29, 1.82) is 0 Å². The van der Waals surface area contributed by atoms with E-state index in [1.54, 1.807) is 0 Å². The smallest absolute Gasteiger partial charge is 0.0218 e. The van der Waals surface area contributed by atoms with Crippen molar-refractivity contribution in [1.82, 2.24) is 4.90 Å². The molecule has 126 valence electrons. The molecule has 1 rings (SSSR count). The van der Waals surface area contributed by atoms with E-state index in [4.69, 9.17) is 5.73 Å². The first-order chi connectivity index (χ1) is 10.2. The minimum Gasteiger partial charge on any atom is -0.329 e. The van der Waals surface area contributed by atoms with Crippen molar-refractivity contribution >= 4 is 0 Å². The molecule has 2 N–H and O–H groups in total. The molecule has 0 aromatic carbocycles. The normalized spacial score (nSPS) is 24.4. The maximum absolute atomic E-state index is 6.05. The highest BCUT2D eigenvalue weighted by Crippen LogP contribution is 2.28. The van der Waals surface area contributed by atoms with E-state index < -0.39 is 0 Å². The summed E-state index contributed by atoms with van der Waals surface area (Å²) in [4.78, 5) is 2.62. The highest BCUT2D eigenvalue weighted by Gasteiger charge is 2.26. The number of hydrogen-bond donors (Lipinski definition) is 1. The standard InChI is InChI=1S/C19H40N2/c1-4-5-6-7-8-9-10-13-19(16-20)21(3)18-14-11-12-17(2)15-18/h17-19H,4-16,20H2,1-3H3. The Morgan fingerprint density at radius 3 is 2.33 bits per heavy atom. The summed E-state index contributed by atoms with van der Waals surface area (Å²) in [5, 5.41) is 0. The Labute approximate surface area is 133 Å². The van der Waals surface area contributed by atoms with Gasteiger partial charge in [0.05, 0.1) is 0 Å². The maximum Gasteiger partial charge on any atom is 0.0218 e. The van der Waals surface area contributed by atoms with Crippen LogP contribution in [0.15, 0.2) is 0 Å². The van der Waals surface area contributed by atoms with Crippen molar-refractivity contribution in [3.8, 4) is 0 Å². The van der Waals surface area contributed by atoms with Crippen LogP contribution in [0.1, 0.15) is 90.9 Å². The predicted octanol–water partition coefficient (Wildman–Crippen LogP) is 4.96. The van der Waals surface area contributed by atoms with Crippen molar-refractivity contribution in [3.63, 3.8) is 0 Å². The van der Waals surface area contributed by atoms with E-state index in [0.717, 1.165) is 18.5 Å². The molecular weight excluding hydrogens is 256 g/mol. The van der Waals surface area contributed by atoms with Crippen molar-refractivity contribution in [2.75, 3.05) is 13.6 Å². The highest BCUT2D eigenvalue weighted by molar-refractivity contribution is 4.82. The number of hydrogen-bond acceptors (Lipinski definition) is 2. The second kappa shape index (κ2) is 11.5. The Bertz CT molecular complexity index is 242. The second-order valence-electron chi connectivity index (χ2n) is 7.39. The van der Waals surface area contributed by atoms with Crippen LogP contribution >= 0.6 is 0 Å². The molecule has 0 aliphatic heterocycles. The molecule has 0 heterocycles. The van der Waals surface area contributed by atoms with Gasteiger partial charge in [-0.1, -0.05) is 71.6 Å². The summed E-state index contributed by atoms with van der Waals surface area (Å²) >= 11 is 0. The van der Waals surface area contributed by atoms with Gasteiger partial charge in [0.1, 0.15) is 0 Å². The molecule has 0 aromatic heterocycles. The quantitative estimate of drug-likeness (QED) is 0.546. The average molecular weight is 297 g/mol. The summed E-state index contributed by atoms with van der Waals surface area (Å²) in [7, 11) is 2.32. The fourth-order valence-corrected chi connectivity index (χ4v) is 3.89. The van der Waals surface area contributed by atoms with E-state index in [1.807, 2.05) is 0 Å². The van der Waals surface area contributed by atoms with E-state index in [9.17, 15) is 0 Å². The van der Waals surface area contributed by atoms with Crippen LogP contribution in [-0.2, 0) is 0 Å². The molecular formula is C19H40N2. The second-order valence-corrected chi connectivity index (χ2v) is 7.39. The third-order valence-corrected chi connectivity index (χ3v) is 5.47. The molecule has 0 aromatic rings. The zero-order valence-corrected chi connectivity index (χ0v) is 14.9. The largest absolute Gasteiger partial charge is 0.329 e. The summed E-state index contributed by atoms with van der Waals surface area (Å²) in [5.41, 5.74) is 6.05. The van der Waals surface area contributed by atoms with Crippen molar-refractivity contribution in [2.45, 2.75) is 103 Å². The van der Waals surface area contributed by atoms with Crippen molar-refractivity contribution in [3.05, 3.63) is 0 Å². The molecule has 21 heavy (non-hydrogen) atoms. The summed E-state index contributed by atoms with van der Waals surface area (Å²) < 4.78 is 0. The molecule has 1 aliphatic carbocycles. The van der Waals surface area contributed by atoms with E-state index in [0.29, 0.717) is 6.04 Å². The Hall–Kier alpha value is -0.0800. The van der Waals surface area contributed by atoms with Gasteiger partial charge in [-0.25, -0.2) is 0 Å². The molecule has 1 saturated carbocycles. The van der Waals surface area contributed by atoms with Crippen LogP contribution in [-0.4, -0.2) is 30.6 Å². The number of nitrogens with two attached hydrogens (primary N) is 1. The average Bonchev–Trinajstić information content (AvgIpc) is 2.49. The van der Waals surface area contributed by atoms with Gasteiger partial charge in [0.15, 0.2) is 0 Å². The summed E-state index contributed by atoms with van der Waals surface area (Å²) in [6, 6.07) is 1.39. The highest BCUT2D eigenvalue weighted by atomic mass is 15.2. The lowest BCUT2D eigenvalue weighted by atomic mass is 9.85. The van der Waals surface area contributed by atoms with Crippen LogP contribution in [0.3, 0.4) is 0 Å². The first-order valence-electron chi connectivity index (χ1n) is 9.61. The van der Waals surface area contributed by atoms with E-state index in [1.165, 1.54) is 77.0 Å². The molecule has 0 spiro atoms. The molecule has 3 unspecified atom stereocenters. The third kappa shape index (κ3) is 7.65. The lowest BCUT2D eigenvalue weighted by molar-refractivity contribution is 0.114. The van der Waals surface area contributed by atoms with Gasteiger partial charge >= 0.3 is 0 Å². The maximum atomic E-state index is 6.05. The summed E-state index contributed by atoms with van der Waals surface area (Å²) in [6.45, 7) is 5.53. The SMILES string of the molecule is CCCCCCCCCC(CN)N(C)C1CCCC(C)C1. The van der Waals surface area contributed by atoms with Gasteiger partial charge < -0.3 is 5.73 Å². The van der Waals surface area contributed by atoms with Crippen LogP contribution in [0.2, 0.25) is 0 Å². The summed E-state index contributed by atoms with van der Waals surface area (Å²) in [6.07, 6.45) is 16.7. The van der Waals surface area contributed by atoms with Gasteiger partial charge in [-0.15, -0.1) is 0 Å². The molecule has 1 fully saturated rings. The van der Waals surface area contributed by atoms with E-state index in [-0.39, 0.29) is 0 Å². The van der Waals surface area contributed by atoms with Gasteiger partial charge in [-0.3, -0.25) is 4.90 Å².